The summed E-state index contributed by atoms with van der Waals surface area (Å²) in [7, 11) is 0. The van der Waals surface area contributed by atoms with Gasteiger partial charge in [-0.25, -0.2) is 4.79 Å². The van der Waals surface area contributed by atoms with Gasteiger partial charge < -0.3 is 10.1 Å². The molecule has 126 valence electrons. The van der Waals surface area contributed by atoms with Crippen molar-refractivity contribution < 1.29 is 14.3 Å². The van der Waals surface area contributed by atoms with E-state index >= 15 is 0 Å². The molecule has 0 heterocycles. The molecule has 0 saturated heterocycles. The monoisotopic (exact) mass is 343 g/mol. The Kier molecular flexibility index (Phi) is 6.88. The molecular formula is C19H21NO3S. The first kappa shape index (κ1) is 18.1. The summed E-state index contributed by atoms with van der Waals surface area (Å²) in [4.78, 5) is 25.0. The highest BCUT2D eigenvalue weighted by molar-refractivity contribution is 7.99. The Morgan fingerprint density at radius 3 is 2.46 bits per heavy atom. The van der Waals surface area contributed by atoms with Crippen LogP contribution in [0.1, 0.15) is 35.8 Å². The topological polar surface area (TPSA) is 55.4 Å². The normalized spacial score (nSPS) is 11.6. The van der Waals surface area contributed by atoms with Crippen LogP contribution in [0.25, 0.3) is 0 Å². The predicted molar refractivity (Wildman–Crippen MR) is 96.1 cm³/mol. The number of ether oxygens (including phenoxy) is 1. The van der Waals surface area contributed by atoms with Crippen LogP contribution in [0.2, 0.25) is 0 Å². The quantitative estimate of drug-likeness (QED) is 0.613. The van der Waals surface area contributed by atoms with Gasteiger partial charge in [-0.3, -0.25) is 4.79 Å². The molecule has 5 heteroatoms. The maximum Gasteiger partial charge on any atom is 0.339 e. The summed E-state index contributed by atoms with van der Waals surface area (Å²) in [6.07, 6.45) is 0. The zero-order chi connectivity index (χ0) is 17.4. The van der Waals surface area contributed by atoms with E-state index < -0.39 is 5.97 Å². The lowest BCUT2D eigenvalue weighted by atomic mass is 10.1. The fraction of sp³-hybridized carbons (Fsp3) is 0.263. The van der Waals surface area contributed by atoms with Crippen LogP contribution in [0.3, 0.4) is 0 Å². The zero-order valence-electron chi connectivity index (χ0n) is 13.8. The fourth-order valence-electron chi connectivity index (χ4n) is 2.23. The average Bonchev–Trinajstić information content (AvgIpc) is 2.61. The molecule has 0 aromatic heterocycles. The molecular weight excluding hydrogens is 322 g/mol. The summed E-state index contributed by atoms with van der Waals surface area (Å²) in [5.74, 6) is 0.0636. The molecule has 4 nitrogen and oxygen atoms in total. The van der Waals surface area contributed by atoms with Crippen LogP contribution in [-0.2, 0) is 9.53 Å². The van der Waals surface area contributed by atoms with Gasteiger partial charge in [-0.05, 0) is 30.4 Å². The fourth-order valence-corrected chi connectivity index (χ4v) is 3.03. The summed E-state index contributed by atoms with van der Waals surface area (Å²) < 4.78 is 5.15. The molecule has 0 aliphatic rings. The third kappa shape index (κ3) is 5.13. The van der Waals surface area contributed by atoms with Crippen molar-refractivity contribution in [1.82, 2.24) is 5.32 Å². The smallest absolute Gasteiger partial charge is 0.339 e. The second-order valence-corrected chi connectivity index (χ2v) is 6.51. The molecule has 0 aliphatic carbocycles. The van der Waals surface area contributed by atoms with Gasteiger partial charge >= 0.3 is 5.97 Å². The number of carbonyl (C=O) groups is 2. The van der Waals surface area contributed by atoms with E-state index in [0.717, 1.165) is 16.2 Å². The number of hydrogen-bond donors (Lipinski definition) is 1. The van der Waals surface area contributed by atoms with Crippen LogP contribution in [0.4, 0.5) is 0 Å². The number of esters is 1. The van der Waals surface area contributed by atoms with Gasteiger partial charge in [0, 0.05) is 4.90 Å². The minimum absolute atomic E-state index is 0.139. The van der Waals surface area contributed by atoms with E-state index in [0.29, 0.717) is 5.56 Å². The van der Waals surface area contributed by atoms with Crippen molar-refractivity contribution >= 4 is 23.6 Å². The third-order valence-corrected chi connectivity index (χ3v) is 4.37. The van der Waals surface area contributed by atoms with Crippen LogP contribution in [0.5, 0.6) is 0 Å². The molecule has 2 rings (SSSR count). The molecule has 0 spiro atoms. The van der Waals surface area contributed by atoms with Gasteiger partial charge in [-0.15, -0.1) is 11.8 Å². The maximum atomic E-state index is 12.2. The van der Waals surface area contributed by atoms with Crippen LogP contribution in [0, 0.1) is 0 Å². The number of hydrogen-bond acceptors (Lipinski definition) is 4. The van der Waals surface area contributed by atoms with E-state index in [2.05, 4.69) is 5.32 Å². The first-order valence-corrected chi connectivity index (χ1v) is 8.83. The lowest BCUT2D eigenvalue weighted by Crippen LogP contribution is -2.31. The number of nitrogens with one attached hydrogen (secondary N) is 1. The SMILES string of the molecule is CCSc1ccccc1C(=O)OCC(=O)N[C@@H](C)c1ccccc1. The van der Waals surface area contributed by atoms with Crippen molar-refractivity contribution in [3.63, 3.8) is 0 Å². The van der Waals surface area contributed by atoms with Gasteiger partial charge in [0.05, 0.1) is 11.6 Å². The van der Waals surface area contributed by atoms with Gasteiger partial charge in [0.1, 0.15) is 0 Å². The summed E-state index contributed by atoms with van der Waals surface area (Å²) in [5, 5.41) is 2.82. The van der Waals surface area contributed by atoms with Crippen LogP contribution in [-0.4, -0.2) is 24.2 Å². The lowest BCUT2D eigenvalue weighted by Gasteiger charge is -2.14. The first-order chi connectivity index (χ1) is 11.6. The van der Waals surface area contributed by atoms with Gasteiger partial charge in [-0.1, -0.05) is 49.4 Å². The number of amides is 1. The molecule has 1 N–H and O–H groups in total. The number of rotatable bonds is 7. The molecule has 0 bridgehead atoms. The summed E-state index contributed by atoms with van der Waals surface area (Å²) in [5.41, 5.74) is 1.50. The number of thioether (sulfide) groups is 1. The highest BCUT2D eigenvalue weighted by atomic mass is 32.2. The Balaban J connectivity index is 1.89. The number of carbonyl (C=O) groups excluding carboxylic acids is 2. The summed E-state index contributed by atoms with van der Waals surface area (Å²) in [6.45, 7) is 3.62. The molecule has 0 fully saturated rings. The van der Waals surface area contributed by atoms with Crippen LogP contribution in [0.15, 0.2) is 59.5 Å². The zero-order valence-corrected chi connectivity index (χ0v) is 14.6. The highest BCUT2D eigenvalue weighted by Crippen LogP contribution is 2.22. The standard InChI is InChI=1S/C19H21NO3S/c1-3-24-17-12-8-7-11-16(17)19(22)23-13-18(21)20-14(2)15-9-5-4-6-10-15/h4-12,14H,3,13H2,1-2H3,(H,20,21)/t14-/m0/s1. The predicted octanol–water partition coefficient (Wildman–Crippen LogP) is 3.83. The van der Waals surface area contributed by atoms with Gasteiger partial charge in [-0.2, -0.15) is 0 Å². The minimum Gasteiger partial charge on any atom is -0.452 e. The molecule has 24 heavy (non-hydrogen) atoms. The Labute approximate surface area is 146 Å². The second-order valence-electron chi connectivity index (χ2n) is 5.21. The van der Waals surface area contributed by atoms with Gasteiger partial charge in [0.15, 0.2) is 6.61 Å². The van der Waals surface area contributed by atoms with Crippen molar-refractivity contribution in [3.05, 3.63) is 65.7 Å². The largest absolute Gasteiger partial charge is 0.452 e. The van der Waals surface area contributed by atoms with Crippen molar-refractivity contribution in [2.24, 2.45) is 0 Å². The highest BCUT2D eigenvalue weighted by Gasteiger charge is 2.15. The van der Waals surface area contributed by atoms with E-state index in [4.69, 9.17) is 4.74 Å². The third-order valence-electron chi connectivity index (χ3n) is 3.42. The second kappa shape index (κ2) is 9.13. The maximum absolute atomic E-state index is 12.2. The van der Waals surface area contributed by atoms with E-state index in [1.54, 1.807) is 23.9 Å². The average molecular weight is 343 g/mol. The van der Waals surface area contributed by atoms with E-state index in [9.17, 15) is 9.59 Å². The van der Waals surface area contributed by atoms with Crippen molar-refractivity contribution in [3.8, 4) is 0 Å². The minimum atomic E-state index is -0.478. The molecule has 1 amide bonds. The Hall–Kier alpha value is -2.27. The number of benzene rings is 2. The van der Waals surface area contributed by atoms with Crippen molar-refractivity contribution in [1.29, 1.82) is 0 Å². The molecule has 0 aliphatic heterocycles. The van der Waals surface area contributed by atoms with E-state index in [1.807, 2.05) is 56.3 Å². The summed E-state index contributed by atoms with van der Waals surface area (Å²) in [6, 6.07) is 16.8. The van der Waals surface area contributed by atoms with Gasteiger partial charge in [0.2, 0.25) is 0 Å². The Morgan fingerprint density at radius 2 is 1.75 bits per heavy atom. The first-order valence-electron chi connectivity index (χ1n) is 7.85. The van der Waals surface area contributed by atoms with E-state index in [-0.39, 0.29) is 18.6 Å². The molecule has 0 saturated carbocycles. The summed E-state index contributed by atoms with van der Waals surface area (Å²) >= 11 is 1.57. The Morgan fingerprint density at radius 1 is 1.08 bits per heavy atom. The molecule has 2 aromatic carbocycles. The molecule has 0 radical (unpaired) electrons. The molecule has 2 aromatic rings. The van der Waals surface area contributed by atoms with Gasteiger partial charge in [0.25, 0.3) is 5.91 Å². The van der Waals surface area contributed by atoms with Crippen molar-refractivity contribution in [2.45, 2.75) is 24.8 Å². The van der Waals surface area contributed by atoms with E-state index in [1.165, 1.54) is 0 Å². The van der Waals surface area contributed by atoms with Crippen LogP contribution < -0.4 is 5.32 Å². The molecule has 1 atom stereocenters. The van der Waals surface area contributed by atoms with Crippen LogP contribution >= 0.6 is 11.8 Å². The Bertz CT molecular complexity index is 688. The van der Waals surface area contributed by atoms with Crippen molar-refractivity contribution in [2.75, 3.05) is 12.4 Å². The lowest BCUT2D eigenvalue weighted by molar-refractivity contribution is -0.124. The molecule has 0 unspecified atom stereocenters.